The van der Waals surface area contributed by atoms with Gasteiger partial charge in [0.05, 0.1) is 16.1 Å². The van der Waals surface area contributed by atoms with E-state index >= 15 is 0 Å². The average molecular weight is 330 g/mol. The number of hydrogen-bond donors (Lipinski definition) is 2. The van der Waals surface area contributed by atoms with Gasteiger partial charge in [0.2, 0.25) is 0 Å². The zero-order valence-electron chi connectivity index (χ0n) is 10.4. The maximum Gasteiger partial charge on any atom is 0.338 e. The normalized spacial score (nSPS) is 11.1. The molecular weight excluding hydrogens is 321 g/mol. The van der Waals surface area contributed by atoms with Crippen molar-refractivity contribution in [1.82, 2.24) is 0 Å². The van der Waals surface area contributed by atoms with Crippen molar-refractivity contribution in [3.8, 4) is 0 Å². The zero-order chi connectivity index (χ0) is 15.6. The van der Waals surface area contributed by atoms with E-state index in [0.717, 1.165) is 18.2 Å². The number of carboxylic acid groups (broad SMARTS) is 1. The smallest absolute Gasteiger partial charge is 0.338 e. The maximum atomic E-state index is 13.3. The Balaban J connectivity index is 2.40. The third-order valence-electron chi connectivity index (χ3n) is 2.56. The molecule has 0 aliphatic rings. The summed E-state index contributed by atoms with van der Waals surface area (Å²) < 4.78 is 39.8. The molecule has 0 atom stereocenters. The fourth-order valence-corrected chi connectivity index (χ4v) is 2.87. The Morgan fingerprint density at radius 3 is 2.52 bits per heavy atom. The van der Waals surface area contributed by atoms with Crippen molar-refractivity contribution in [2.45, 2.75) is 4.90 Å². The Morgan fingerprint density at radius 2 is 1.90 bits per heavy atom. The molecule has 2 aromatic carbocycles. The fourth-order valence-electron chi connectivity index (χ4n) is 1.60. The number of nitrogens with one attached hydrogen (secondary N) is 1. The molecule has 2 aromatic rings. The van der Waals surface area contributed by atoms with Crippen LogP contribution in [0.1, 0.15) is 10.4 Å². The first-order valence-electron chi connectivity index (χ1n) is 5.61. The summed E-state index contributed by atoms with van der Waals surface area (Å²) in [6.45, 7) is 0. The van der Waals surface area contributed by atoms with Crippen molar-refractivity contribution in [2.24, 2.45) is 0 Å². The third-order valence-corrected chi connectivity index (χ3v) is 4.17. The van der Waals surface area contributed by atoms with E-state index in [-0.39, 0.29) is 10.6 Å². The molecule has 2 N–H and O–H groups in total. The van der Waals surface area contributed by atoms with E-state index in [0.29, 0.717) is 5.02 Å². The van der Waals surface area contributed by atoms with Gasteiger partial charge < -0.3 is 5.11 Å². The largest absolute Gasteiger partial charge is 0.478 e. The maximum absolute atomic E-state index is 13.3. The van der Waals surface area contributed by atoms with Crippen LogP contribution in [-0.4, -0.2) is 19.5 Å². The highest BCUT2D eigenvalue weighted by Gasteiger charge is 2.19. The zero-order valence-corrected chi connectivity index (χ0v) is 12.0. The van der Waals surface area contributed by atoms with Crippen LogP contribution in [0.5, 0.6) is 0 Å². The average Bonchev–Trinajstić information content (AvgIpc) is 2.38. The van der Waals surface area contributed by atoms with Crippen LogP contribution >= 0.6 is 11.6 Å². The SMILES string of the molecule is O=C(O)c1cc(S(=O)(=O)Nc2cccc(Cl)c2)ccc1F. The molecule has 8 heteroatoms. The second-order valence-electron chi connectivity index (χ2n) is 4.06. The first-order chi connectivity index (χ1) is 9.79. The lowest BCUT2D eigenvalue weighted by molar-refractivity contribution is 0.0691. The number of benzene rings is 2. The molecule has 0 bridgehead atoms. The minimum atomic E-state index is -4.04. The number of carbonyl (C=O) groups is 1. The number of sulfonamides is 1. The topological polar surface area (TPSA) is 83.5 Å². The Hall–Kier alpha value is -2.12. The second-order valence-corrected chi connectivity index (χ2v) is 6.18. The minimum absolute atomic E-state index is 0.212. The number of carboxylic acids is 1. The van der Waals surface area contributed by atoms with E-state index in [1.165, 1.54) is 12.1 Å². The summed E-state index contributed by atoms with van der Waals surface area (Å²) in [6, 6.07) is 8.51. The van der Waals surface area contributed by atoms with E-state index in [4.69, 9.17) is 16.7 Å². The molecule has 0 radical (unpaired) electrons. The fraction of sp³-hybridized carbons (Fsp3) is 0. The van der Waals surface area contributed by atoms with Crippen LogP contribution in [0, 0.1) is 5.82 Å². The van der Waals surface area contributed by atoms with E-state index in [1.54, 1.807) is 12.1 Å². The minimum Gasteiger partial charge on any atom is -0.478 e. The molecule has 110 valence electrons. The lowest BCUT2D eigenvalue weighted by atomic mass is 10.2. The quantitative estimate of drug-likeness (QED) is 0.903. The third kappa shape index (κ3) is 3.50. The Morgan fingerprint density at radius 1 is 1.19 bits per heavy atom. The van der Waals surface area contributed by atoms with Crippen LogP contribution in [0.4, 0.5) is 10.1 Å². The van der Waals surface area contributed by atoms with Gasteiger partial charge in [0.1, 0.15) is 5.82 Å². The highest BCUT2D eigenvalue weighted by molar-refractivity contribution is 7.92. The van der Waals surface area contributed by atoms with Crippen molar-refractivity contribution < 1.29 is 22.7 Å². The van der Waals surface area contributed by atoms with Gasteiger partial charge in [-0.1, -0.05) is 17.7 Å². The van der Waals surface area contributed by atoms with Crippen molar-refractivity contribution >= 4 is 33.3 Å². The van der Waals surface area contributed by atoms with Crippen molar-refractivity contribution in [3.63, 3.8) is 0 Å². The van der Waals surface area contributed by atoms with Gasteiger partial charge in [0, 0.05) is 5.02 Å². The predicted molar refractivity (Wildman–Crippen MR) is 75.6 cm³/mol. The summed E-state index contributed by atoms with van der Waals surface area (Å²) in [5.41, 5.74) is -0.507. The highest BCUT2D eigenvalue weighted by atomic mass is 35.5. The summed E-state index contributed by atoms with van der Waals surface area (Å²) in [6.07, 6.45) is 0. The first-order valence-corrected chi connectivity index (χ1v) is 7.47. The molecule has 0 unspecified atom stereocenters. The number of hydrogen-bond acceptors (Lipinski definition) is 3. The van der Waals surface area contributed by atoms with Gasteiger partial charge in [-0.2, -0.15) is 0 Å². The van der Waals surface area contributed by atoms with E-state index < -0.39 is 27.4 Å². The molecule has 0 amide bonds. The molecule has 2 rings (SSSR count). The van der Waals surface area contributed by atoms with Crippen LogP contribution in [0.3, 0.4) is 0 Å². The molecule has 21 heavy (non-hydrogen) atoms. The molecule has 0 aliphatic carbocycles. The summed E-state index contributed by atoms with van der Waals surface area (Å²) in [5, 5.41) is 9.14. The standard InChI is InChI=1S/C13H9ClFNO4S/c14-8-2-1-3-9(6-8)16-21(19,20)10-4-5-12(15)11(7-10)13(17)18/h1-7,16H,(H,17,18). The molecule has 5 nitrogen and oxygen atoms in total. The molecule has 0 saturated carbocycles. The first kappa shape index (κ1) is 15.3. The van der Waals surface area contributed by atoms with Gasteiger partial charge in [0.15, 0.2) is 0 Å². The van der Waals surface area contributed by atoms with Gasteiger partial charge in [-0.05, 0) is 36.4 Å². The lowest BCUT2D eigenvalue weighted by Crippen LogP contribution is -2.14. The monoisotopic (exact) mass is 329 g/mol. The Kier molecular flexibility index (Phi) is 4.15. The molecule has 0 heterocycles. The van der Waals surface area contributed by atoms with E-state index in [1.807, 2.05) is 0 Å². The van der Waals surface area contributed by atoms with Gasteiger partial charge in [-0.25, -0.2) is 17.6 Å². The Labute approximate surface area is 125 Å². The van der Waals surface area contributed by atoms with Gasteiger partial charge in [-0.3, -0.25) is 4.72 Å². The van der Waals surface area contributed by atoms with Crippen molar-refractivity contribution in [2.75, 3.05) is 4.72 Å². The van der Waals surface area contributed by atoms with E-state index in [2.05, 4.69) is 4.72 Å². The molecule has 0 fully saturated rings. The number of rotatable bonds is 4. The summed E-state index contributed by atoms with van der Waals surface area (Å²) in [7, 11) is -4.04. The predicted octanol–water partition coefficient (Wildman–Crippen LogP) is 2.98. The molecule has 0 saturated heterocycles. The van der Waals surface area contributed by atoms with Gasteiger partial charge in [0.25, 0.3) is 10.0 Å². The van der Waals surface area contributed by atoms with Crippen molar-refractivity contribution in [1.29, 1.82) is 0 Å². The van der Waals surface area contributed by atoms with E-state index in [9.17, 15) is 17.6 Å². The molecule has 0 spiro atoms. The van der Waals surface area contributed by atoms with Crippen LogP contribution in [0.25, 0.3) is 0 Å². The number of anilines is 1. The number of halogens is 2. The molecular formula is C13H9ClFNO4S. The summed E-state index contributed by atoms with van der Waals surface area (Å²) in [4.78, 5) is 10.5. The Bertz CT molecular complexity index is 808. The van der Waals surface area contributed by atoms with Gasteiger partial charge >= 0.3 is 5.97 Å². The highest BCUT2D eigenvalue weighted by Crippen LogP contribution is 2.21. The summed E-state index contributed by atoms with van der Waals surface area (Å²) in [5.74, 6) is -2.56. The van der Waals surface area contributed by atoms with Crippen LogP contribution < -0.4 is 4.72 Å². The molecule has 0 aliphatic heterocycles. The van der Waals surface area contributed by atoms with Gasteiger partial charge in [-0.15, -0.1) is 0 Å². The number of aromatic carboxylic acids is 1. The molecule has 0 aromatic heterocycles. The van der Waals surface area contributed by atoms with Crippen LogP contribution in [0.2, 0.25) is 5.02 Å². The lowest BCUT2D eigenvalue weighted by Gasteiger charge is -2.09. The van der Waals surface area contributed by atoms with Crippen molar-refractivity contribution in [3.05, 3.63) is 58.9 Å². The second kappa shape index (κ2) is 5.71. The van der Waals surface area contributed by atoms with Crippen LogP contribution in [0.15, 0.2) is 47.4 Å². The van der Waals surface area contributed by atoms with Crippen LogP contribution in [-0.2, 0) is 10.0 Å². The summed E-state index contributed by atoms with van der Waals surface area (Å²) >= 11 is 5.75.